The van der Waals surface area contributed by atoms with Gasteiger partial charge in [-0.1, -0.05) is 11.6 Å². The largest absolute Gasteiger partial charge is 0.463 e. The van der Waals surface area contributed by atoms with Gasteiger partial charge in [-0.05, 0) is 45.1 Å². The number of nitrogens with zero attached hydrogens (tertiary/aromatic N) is 5. The van der Waals surface area contributed by atoms with Crippen molar-refractivity contribution in [1.82, 2.24) is 25.1 Å². The highest BCUT2D eigenvalue weighted by Gasteiger charge is 2.25. The summed E-state index contributed by atoms with van der Waals surface area (Å²) in [6.07, 6.45) is 2.42. The summed E-state index contributed by atoms with van der Waals surface area (Å²) in [5.74, 6) is 0.0451. The van der Waals surface area contributed by atoms with Crippen LogP contribution in [0.25, 0.3) is 32.9 Å². The third kappa shape index (κ3) is 4.52. The lowest BCUT2D eigenvalue weighted by atomic mass is 9.94. The molecule has 0 bridgehead atoms. The van der Waals surface area contributed by atoms with E-state index in [-0.39, 0.29) is 22.1 Å². The number of benzene rings is 2. The van der Waals surface area contributed by atoms with Crippen molar-refractivity contribution in [3.8, 4) is 17.1 Å². The van der Waals surface area contributed by atoms with Crippen LogP contribution in [-0.2, 0) is 4.74 Å². The van der Waals surface area contributed by atoms with E-state index in [9.17, 15) is 0 Å². The van der Waals surface area contributed by atoms with Crippen molar-refractivity contribution in [2.24, 2.45) is 0 Å². The number of morpholine rings is 1. The minimum atomic E-state index is -0.539. The lowest BCUT2D eigenvalue weighted by molar-refractivity contribution is 0.122. The van der Waals surface area contributed by atoms with Crippen molar-refractivity contribution in [2.45, 2.75) is 13.3 Å². The summed E-state index contributed by atoms with van der Waals surface area (Å²) in [6.45, 7) is 5.51. The molecule has 0 aliphatic carbocycles. The molecule has 0 amide bonds. The van der Waals surface area contributed by atoms with Gasteiger partial charge in [0, 0.05) is 41.5 Å². The lowest BCUT2D eigenvalue weighted by Gasteiger charge is -2.29. The number of ether oxygens (including phenoxy) is 2. The first-order valence-electron chi connectivity index (χ1n) is 11.9. The maximum atomic E-state index is 16.4. The summed E-state index contributed by atoms with van der Waals surface area (Å²) in [5, 5.41) is 8.48. The summed E-state index contributed by atoms with van der Waals surface area (Å²) < 4.78 is 27.8. The molecule has 0 atom stereocenters. The standard InChI is InChI=1S/C25H29ClFN7O2/c1-14-11-18(28)22-16(13-29-32-22)19(14)20-17(26)12-15-23(21(20)27)30-25(36-8-4-5-33(2)3)31-24(15)34-6-9-35-10-7-34/h11-13H,4-10,28H2,1-3H3,(H,29,32). The highest BCUT2D eigenvalue weighted by atomic mass is 35.5. The van der Waals surface area contributed by atoms with Crippen molar-refractivity contribution < 1.29 is 13.9 Å². The van der Waals surface area contributed by atoms with E-state index in [4.69, 9.17) is 26.8 Å². The van der Waals surface area contributed by atoms with Crippen LogP contribution in [0.3, 0.4) is 0 Å². The smallest absolute Gasteiger partial charge is 0.319 e. The maximum Gasteiger partial charge on any atom is 0.319 e. The Kier molecular flexibility index (Phi) is 6.83. The molecule has 5 rings (SSSR count). The molecule has 3 heterocycles. The Morgan fingerprint density at radius 3 is 2.72 bits per heavy atom. The molecule has 4 aromatic rings. The lowest BCUT2D eigenvalue weighted by Crippen LogP contribution is -2.37. The second kappa shape index (κ2) is 10.0. The van der Waals surface area contributed by atoms with Crippen LogP contribution >= 0.6 is 11.6 Å². The minimum Gasteiger partial charge on any atom is -0.463 e. The van der Waals surface area contributed by atoms with Crippen LogP contribution in [0.2, 0.25) is 5.02 Å². The molecule has 0 saturated carbocycles. The summed E-state index contributed by atoms with van der Waals surface area (Å²) in [6, 6.07) is 3.66. The Balaban J connectivity index is 1.68. The number of rotatable bonds is 7. The first-order valence-corrected chi connectivity index (χ1v) is 12.3. The van der Waals surface area contributed by atoms with E-state index in [1.165, 1.54) is 0 Å². The van der Waals surface area contributed by atoms with Gasteiger partial charge in [-0.2, -0.15) is 15.1 Å². The van der Waals surface area contributed by atoms with E-state index in [2.05, 4.69) is 30.0 Å². The number of anilines is 2. The van der Waals surface area contributed by atoms with Crippen molar-refractivity contribution in [3.63, 3.8) is 0 Å². The van der Waals surface area contributed by atoms with Gasteiger partial charge in [0.25, 0.3) is 0 Å². The molecular weight excluding hydrogens is 485 g/mol. The Morgan fingerprint density at radius 1 is 1.19 bits per heavy atom. The van der Waals surface area contributed by atoms with Crippen LogP contribution < -0.4 is 15.4 Å². The molecule has 9 nitrogen and oxygen atoms in total. The molecule has 3 N–H and O–H groups in total. The van der Waals surface area contributed by atoms with E-state index in [1.807, 2.05) is 21.0 Å². The zero-order valence-electron chi connectivity index (χ0n) is 20.6. The Hall–Kier alpha value is -3.21. The third-order valence-corrected chi connectivity index (χ3v) is 6.65. The third-order valence-electron chi connectivity index (χ3n) is 6.35. The van der Waals surface area contributed by atoms with Gasteiger partial charge in [0.15, 0.2) is 5.82 Å². The minimum absolute atomic E-state index is 0.136. The number of aromatic nitrogens is 4. The normalized spacial score (nSPS) is 14.3. The second-order valence-corrected chi connectivity index (χ2v) is 9.60. The van der Waals surface area contributed by atoms with Gasteiger partial charge >= 0.3 is 6.01 Å². The fraction of sp³-hybridized carbons (Fsp3) is 0.400. The van der Waals surface area contributed by atoms with Crippen LogP contribution in [0, 0.1) is 12.7 Å². The molecule has 2 aromatic carbocycles. The first kappa shape index (κ1) is 24.5. The topological polar surface area (TPSA) is 105 Å². The Morgan fingerprint density at radius 2 is 1.97 bits per heavy atom. The summed E-state index contributed by atoms with van der Waals surface area (Å²) in [4.78, 5) is 13.3. The summed E-state index contributed by atoms with van der Waals surface area (Å²) in [7, 11) is 4.00. The van der Waals surface area contributed by atoms with E-state index in [1.54, 1.807) is 18.3 Å². The highest BCUT2D eigenvalue weighted by Crippen LogP contribution is 2.43. The second-order valence-electron chi connectivity index (χ2n) is 9.19. The van der Waals surface area contributed by atoms with Gasteiger partial charge in [0.2, 0.25) is 0 Å². The summed E-state index contributed by atoms with van der Waals surface area (Å²) >= 11 is 6.77. The first-order chi connectivity index (χ1) is 17.3. The van der Waals surface area contributed by atoms with Crippen molar-refractivity contribution in [2.75, 3.05) is 64.2 Å². The van der Waals surface area contributed by atoms with Crippen LogP contribution in [0.1, 0.15) is 12.0 Å². The molecule has 190 valence electrons. The number of fused-ring (bicyclic) bond motifs is 2. The van der Waals surface area contributed by atoms with Crippen LogP contribution in [0.4, 0.5) is 15.9 Å². The van der Waals surface area contributed by atoms with E-state index >= 15 is 4.39 Å². The molecule has 0 spiro atoms. The summed E-state index contributed by atoms with van der Waals surface area (Å²) in [5.41, 5.74) is 9.13. The SMILES string of the molecule is Cc1cc(N)c2[nH]ncc2c1-c1c(Cl)cc2c(N3CCOCC3)nc(OCCCN(C)C)nc2c1F. The Bertz CT molecular complexity index is 1420. The van der Waals surface area contributed by atoms with Gasteiger partial charge in [-0.15, -0.1) is 0 Å². The number of hydrogen-bond acceptors (Lipinski definition) is 8. The zero-order chi connectivity index (χ0) is 25.4. The van der Waals surface area contributed by atoms with Crippen LogP contribution in [0.15, 0.2) is 18.3 Å². The number of nitrogens with one attached hydrogen (secondary N) is 1. The maximum absolute atomic E-state index is 16.4. The van der Waals surface area contributed by atoms with Gasteiger partial charge in [-0.25, -0.2) is 4.39 Å². The van der Waals surface area contributed by atoms with Crippen molar-refractivity contribution in [3.05, 3.63) is 34.7 Å². The van der Waals surface area contributed by atoms with E-state index < -0.39 is 5.82 Å². The van der Waals surface area contributed by atoms with Crippen molar-refractivity contribution in [1.29, 1.82) is 0 Å². The molecule has 0 radical (unpaired) electrons. The molecule has 1 saturated heterocycles. The van der Waals surface area contributed by atoms with Gasteiger partial charge in [0.05, 0.1) is 42.2 Å². The quantitative estimate of drug-likeness (QED) is 0.282. The fourth-order valence-electron chi connectivity index (χ4n) is 4.63. The predicted octanol–water partition coefficient (Wildman–Crippen LogP) is 4.02. The average molecular weight is 514 g/mol. The van der Waals surface area contributed by atoms with Gasteiger partial charge in [-0.3, -0.25) is 5.10 Å². The molecule has 1 fully saturated rings. The van der Waals surface area contributed by atoms with Crippen molar-refractivity contribution >= 4 is 44.9 Å². The molecule has 1 aliphatic rings. The molecule has 0 unspecified atom stereocenters. The number of halogens is 2. The van der Waals surface area contributed by atoms with Gasteiger partial charge in [0.1, 0.15) is 11.3 Å². The molecule has 11 heteroatoms. The number of nitrogens with two attached hydrogens (primary N) is 1. The molecule has 2 aromatic heterocycles. The molecule has 1 aliphatic heterocycles. The molecular formula is C25H29ClFN7O2. The zero-order valence-corrected chi connectivity index (χ0v) is 21.3. The number of nitrogen functional groups attached to an aromatic ring is 1. The molecule has 36 heavy (non-hydrogen) atoms. The Labute approximate surface area is 213 Å². The van der Waals surface area contributed by atoms with Crippen LogP contribution in [-0.4, -0.2) is 78.6 Å². The number of hydrogen-bond donors (Lipinski definition) is 2. The fourth-order valence-corrected chi connectivity index (χ4v) is 4.92. The number of aryl methyl sites for hydroxylation is 1. The average Bonchev–Trinajstić information content (AvgIpc) is 3.34. The predicted molar refractivity (Wildman–Crippen MR) is 140 cm³/mol. The van der Waals surface area contributed by atoms with E-state index in [0.717, 1.165) is 18.5 Å². The van der Waals surface area contributed by atoms with E-state index in [0.29, 0.717) is 66.3 Å². The highest BCUT2D eigenvalue weighted by molar-refractivity contribution is 6.35. The monoisotopic (exact) mass is 513 g/mol. The number of H-pyrrole nitrogens is 1. The number of aromatic amines is 1. The van der Waals surface area contributed by atoms with Crippen LogP contribution in [0.5, 0.6) is 6.01 Å². The van der Waals surface area contributed by atoms with Gasteiger partial charge < -0.3 is 25.0 Å².